The van der Waals surface area contributed by atoms with Crippen molar-refractivity contribution in [2.75, 3.05) is 5.32 Å². The predicted molar refractivity (Wildman–Crippen MR) is 97.8 cm³/mol. The fourth-order valence-corrected chi connectivity index (χ4v) is 4.41. The molecule has 2 rings (SSSR count). The third-order valence-electron chi connectivity index (χ3n) is 3.83. The molecule has 0 spiro atoms. The standard InChI is InChI=1S/C16H15ClF3N5O3S/c1-3-12(16(18,19)20)24-29(27,28)11-8-25(2)14(13(11)17)15(26)23-9-4-5-22-10(6-9)7-21/h4-6,8,12,24H,3H2,1-2H3,(H,22,23,26)/t12-/m0/s1. The lowest BCUT2D eigenvalue weighted by Gasteiger charge is -2.19. The molecule has 1 amide bonds. The molecule has 0 aliphatic carbocycles. The second-order valence-corrected chi connectivity index (χ2v) is 7.95. The van der Waals surface area contributed by atoms with Crippen molar-refractivity contribution in [1.82, 2.24) is 14.3 Å². The summed E-state index contributed by atoms with van der Waals surface area (Å²) in [6.07, 6.45) is -3.09. The summed E-state index contributed by atoms with van der Waals surface area (Å²) in [4.78, 5) is 15.6. The van der Waals surface area contributed by atoms with Crippen molar-refractivity contribution in [3.8, 4) is 6.07 Å². The SMILES string of the molecule is CC[C@H](NS(=O)(=O)c1cn(C)c(C(=O)Nc2ccnc(C#N)c2)c1Cl)C(F)(F)F. The Labute approximate surface area is 169 Å². The van der Waals surface area contributed by atoms with E-state index in [1.54, 1.807) is 10.8 Å². The van der Waals surface area contributed by atoms with Crippen molar-refractivity contribution in [3.63, 3.8) is 0 Å². The van der Waals surface area contributed by atoms with Gasteiger partial charge < -0.3 is 9.88 Å². The number of hydrogen-bond acceptors (Lipinski definition) is 5. The van der Waals surface area contributed by atoms with Crippen LogP contribution in [0.2, 0.25) is 5.02 Å². The first-order valence-corrected chi connectivity index (χ1v) is 9.88. The summed E-state index contributed by atoms with van der Waals surface area (Å²) in [5.74, 6) is -0.822. The number of halogens is 4. The molecular weight excluding hydrogens is 435 g/mol. The minimum atomic E-state index is -4.79. The van der Waals surface area contributed by atoms with Crippen LogP contribution in [0.3, 0.4) is 0 Å². The van der Waals surface area contributed by atoms with E-state index in [0.717, 1.165) is 10.8 Å². The fourth-order valence-electron chi connectivity index (χ4n) is 2.41. The lowest BCUT2D eigenvalue weighted by atomic mass is 10.2. The number of aryl methyl sites for hydroxylation is 1. The Morgan fingerprint density at radius 2 is 2.10 bits per heavy atom. The van der Waals surface area contributed by atoms with Gasteiger partial charge in [-0.3, -0.25) is 4.79 Å². The van der Waals surface area contributed by atoms with Crippen molar-refractivity contribution in [2.24, 2.45) is 7.05 Å². The average Bonchev–Trinajstić information content (AvgIpc) is 2.94. The van der Waals surface area contributed by atoms with Crippen molar-refractivity contribution >= 4 is 33.2 Å². The van der Waals surface area contributed by atoms with E-state index in [1.165, 1.54) is 32.3 Å². The minimum Gasteiger partial charge on any atom is -0.344 e. The Bertz CT molecular complexity index is 1080. The zero-order chi connectivity index (χ0) is 22.0. The van der Waals surface area contributed by atoms with Gasteiger partial charge >= 0.3 is 6.18 Å². The zero-order valence-corrected chi connectivity index (χ0v) is 16.7. The molecule has 0 fully saturated rings. The molecule has 29 heavy (non-hydrogen) atoms. The zero-order valence-electron chi connectivity index (χ0n) is 15.1. The van der Waals surface area contributed by atoms with Gasteiger partial charge in [0.25, 0.3) is 5.91 Å². The first-order valence-electron chi connectivity index (χ1n) is 8.02. The van der Waals surface area contributed by atoms with Gasteiger partial charge in [-0.2, -0.15) is 23.2 Å². The molecule has 0 aliphatic rings. The Kier molecular flexibility index (Phi) is 6.56. The molecule has 0 bridgehead atoms. The molecule has 13 heteroatoms. The Morgan fingerprint density at radius 1 is 1.45 bits per heavy atom. The molecule has 2 aromatic rings. The molecule has 0 aliphatic heterocycles. The molecule has 0 saturated carbocycles. The second kappa shape index (κ2) is 8.40. The third-order valence-corrected chi connectivity index (χ3v) is 5.80. The molecule has 2 aromatic heterocycles. The number of pyridine rings is 1. The van der Waals surface area contributed by atoms with E-state index in [4.69, 9.17) is 16.9 Å². The van der Waals surface area contributed by atoms with Crippen molar-refractivity contribution in [1.29, 1.82) is 5.26 Å². The van der Waals surface area contributed by atoms with Gasteiger partial charge in [-0.1, -0.05) is 18.5 Å². The number of sulfonamides is 1. The van der Waals surface area contributed by atoms with Crippen LogP contribution in [0.4, 0.5) is 18.9 Å². The van der Waals surface area contributed by atoms with Crippen LogP contribution in [-0.4, -0.2) is 36.1 Å². The first kappa shape index (κ1) is 22.7. The van der Waals surface area contributed by atoms with E-state index in [2.05, 4.69) is 10.3 Å². The largest absolute Gasteiger partial charge is 0.404 e. The van der Waals surface area contributed by atoms with Crippen LogP contribution in [0.5, 0.6) is 0 Å². The lowest BCUT2D eigenvalue weighted by Crippen LogP contribution is -2.44. The predicted octanol–water partition coefficient (Wildman–Crippen LogP) is 2.82. The molecule has 0 aromatic carbocycles. The number of carbonyl (C=O) groups excluding carboxylic acids is 1. The number of nitrogens with one attached hydrogen (secondary N) is 2. The summed E-state index contributed by atoms with van der Waals surface area (Å²) in [6.45, 7) is 1.18. The van der Waals surface area contributed by atoms with Crippen LogP contribution in [0.25, 0.3) is 0 Å². The quantitative estimate of drug-likeness (QED) is 0.703. The number of anilines is 1. The van der Waals surface area contributed by atoms with Gasteiger partial charge in [0.1, 0.15) is 28.4 Å². The maximum absolute atomic E-state index is 12.9. The van der Waals surface area contributed by atoms with Crippen LogP contribution in [0, 0.1) is 11.3 Å². The van der Waals surface area contributed by atoms with E-state index in [-0.39, 0.29) is 17.1 Å². The molecule has 0 unspecified atom stereocenters. The highest BCUT2D eigenvalue weighted by molar-refractivity contribution is 7.89. The normalized spacial score (nSPS) is 13.0. The first-order chi connectivity index (χ1) is 13.4. The molecule has 0 saturated heterocycles. The highest BCUT2D eigenvalue weighted by Crippen LogP contribution is 2.30. The molecule has 0 radical (unpaired) electrons. The summed E-state index contributed by atoms with van der Waals surface area (Å²) in [7, 11) is -3.35. The van der Waals surface area contributed by atoms with Gasteiger partial charge in [-0.15, -0.1) is 0 Å². The monoisotopic (exact) mass is 449 g/mol. The molecule has 156 valence electrons. The summed E-state index contributed by atoms with van der Waals surface area (Å²) < 4.78 is 66.2. The smallest absolute Gasteiger partial charge is 0.344 e. The van der Waals surface area contributed by atoms with Gasteiger partial charge in [0.15, 0.2) is 0 Å². The van der Waals surface area contributed by atoms with E-state index in [0.29, 0.717) is 0 Å². The maximum Gasteiger partial charge on any atom is 0.404 e. The van der Waals surface area contributed by atoms with E-state index in [1.807, 2.05) is 0 Å². The van der Waals surface area contributed by atoms with Crippen molar-refractivity contribution in [3.05, 3.63) is 40.9 Å². The minimum absolute atomic E-state index is 0.0333. The maximum atomic E-state index is 12.9. The Balaban J connectivity index is 2.36. The number of rotatable bonds is 6. The number of aromatic nitrogens is 2. The number of nitriles is 1. The van der Waals surface area contributed by atoms with E-state index < -0.39 is 44.5 Å². The van der Waals surface area contributed by atoms with Gasteiger partial charge in [0.05, 0.1) is 5.02 Å². The summed E-state index contributed by atoms with van der Waals surface area (Å²) >= 11 is 6.03. The second-order valence-electron chi connectivity index (χ2n) is 5.89. The van der Waals surface area contributed by atoms with Crippen LogP contribution >= 0.6 is 11.6 Å². The third kappa shape index (κ3) is 5.06. The number of nitrogens with zero attached hydrogens (tertiary/aromatic N) is 3. The summed E-state index contributed by atoms with van der Waals surface area (Å²) in [5.41, 5.74) is -0.0575. The van der Waals surface area contributed by atoms with Gasteiger partial charge in [-0.25, -0.2) is 13.4 Å². The van der Waals surface area contributed by atoms with Gasteiger partial charge in [0, 0.05) is 25.1 Å². The van der Waals surface area contributed by atoms with Crippen LogP contribution < -0.4 is 10.0 Å². The van der Waals surface area contributed by atoms with Crippen LogP contribution in [0.1, 0.15) is 29.5 Å². The van der Waals surface area contributed by atoms with Gasteiger partial charge in [0.2, 0.25) is 10.0 Å². The molecular formula is C16H15ClF3N5O3S. The molecule has 1 atom stereocenters. The molecule has 2 heterocycles. The van der Waals surface area contributed by atoms with Crippen molar-refractivity contribution in [2.45, 2.75) is 30.5 Å². The Hall–Kier alpha value is -2.62. The van der Waals surface area contributed by atoms with Gasteiger partial charge in [-0.05, 0) is 18.6 Å². The topological polar surface area (TPSA) is 117 Å². The highest BCUT2D eigenvalue weighted by atomic mass is 35.5. The molecule has 8 nitrogen and oxygen atoms in total. The number of hydrogen-bond donors (Lipinski definition) is 2. The number of amides is 1. The van der Waals surface area contributed by atoms with E-state index >= 15 is 0 Å². The highest BCUT2D eigenvalue weighted by Gasteiger charge is 2.42. The number of alkyl halides is 3. The van der Waals surface area contributed by atoms with Crippen molar-refractivity contribution < 1.29 is 26.4 Å². The summed E-state index contributed by atoms with van der Waals surface area (Å²) in [5, 5.41) is 10.7. The van der Waals surface area contributed by atoms with Crippen LogP contribution in [0.15, 0.2) is 29.4 Å². The fraction of sp³-hybridized carbons (Fsp3) is 0.312. The Morgan fingerprint density at radius 3 is 2.66 bits per heavy atom. The lowest BCUT2D eigenvalue weighted by molar-refractivity contribution is -0.151. The summed E-state index contributed by atoms with van der Waals surface area (Å²) in [6, 6.07) is 2.16. The van der Waals surface area contributed by atoms with Crippen LogP contribution in [-0.2, 0) is 17.1 Å². The number of carbonyl (C=O) groups is 1. The molecule has 2 N–H and O–H groups in total. The van der Waals surface area contributed by atoms with E-state index in [9.17, 15) is 26.4 Å². The average molecular weight is 450 g/mol.